The van der Waals surface area contributed by atoms with Gasteiger partial charge in [0.1, 0.15) is 6.29 Å². The number of rotatable bonds is 8. The molecule has 0 saturated heterocycles. The Labute approximate surface area is 96.7 Å². The summed E-state index contributed by atoms with van der Waals surface area (Å²) < 4.78 is 0. The first-order valence-corrected chi connectivity index (χ1v) is 5.69. The second kappa shape index (κ2) is 9.09. The summed E-state index contributed by atoms with van der Waals surface area (Å²) in [5.41, 5.74) is 0. The van der Waals surface area contributed by atoms with E-state index in [9.17, 15) is 14.7 Å². The maximum Gasteiger partial charge on any atom is 0.220 e. The quantitative estimate of drug-likeness (QED) is 0.372. The predicted molar refractivity (Wildman–Crippen MR) is 63.0 cm³/mol. The highest BCUT2D eigenvalue weighted by Gasteiger charge is 2.17. The first-order chi connectivity index (χ1) is 7.65. The Morgan fingerprint density at radius 1 is 1.50 bits per heavy atom. The maximum atomic E-state index is 11.2. The molecule has 0 fully saturated rings. The highest BCUT2D eigenvalue weighted by molar-refractivity contribution is 5.75. The fourth-order valence-corrected chi connectivity index (χ4v) is 1.39. The van der Waals surface area contributed by atoms with Gasteiger partial charge in [0, 0.05) is 12.8 Å². The summed E-state index contributed by atoms with van der Waals surface area (Å²) in [4.78, 5) is 21.4. The van der Waals surface area contributed by atoms with Crippen LogP contribution in [0, 0.1) is 0 Å². The molecule has 0 spiro atoms. The van der Waals surface area contributed by atoms with Crippen LogP contribution in [-0.2, 0) is 9.59 Å². The van der Waals surface area contributed by atoms with Crippen LogP contribution >= 0.6 is 0 Å². The average molecular weight is 227 g/mol. The third-order valence-corrected chi connectivity index (χ3v) is 2.31. The van der Waals surface area contributed by atoms with E-state index < -0.39 is 6.10 Å². The van der Waals surface area contributed by atoms with Crippen molar-refractivity contribution in [3.8, 4) is 0 Å². The zero-order valence-corrected chi connectivity index (χ0v) is 9.98. The van der Waals surface area contributed by atoms with E-state index in [1.807, 2.05) is 6.92 Å². The van der Waals surface area contributed by atoms with Crippen molar-refractivity contribution in [3.05, 3.63) is 12.2 Å². The number of unbranched alkanes of at least 4 members (excludes halogenated alkanes) is 1. The number of carbonyl (C=O) groups excluding carboxylic acids is 2. The smallest absolute Gasteiger partial charge is 0.220 e. The van der Waals surface area contributed by atoms with Crippen LogP contribution in [0.15, 0.2) is 12.2 Å². The van der Waals surface area contributed by atoms with Gasteiger partial charge in [-0.2, -0.15) is 0 Å². The van der Waals surface area contributed by atoms with Crippen molar-refractivity contribution < 1.29 is 14.7 Å². The summed E-state index contributed by atoms with van der Waals surface area (Å²) >= 11 is 0. The van der Waals surface area contributed by atoms with E-state index >= 15 is 0 Å². The Hall–Kier alpha value is -1.16. The fraction of sp³-hybridized carbons (Fsp3) is 0.667. The van der Waals surface area contributed by atoms with E-state index in [4.69, 9.17) is 0 Å². The summed E-state index contributed by atoms with van der Waals surface area (Å²) in [5, 5.41) is 12.5. The lowest BCUT2D eigenvalue weighted by molar-refractivity contribution is -0.122. The van der Waals surface area contributed by atoms with Crippen molar-refractivity contribution >= 4 is 12.2 Å². The van der Waals surface area contributed by atoms with Gasteiger partial charge in [-0.3, -0.25) is 4.79 Å². The topological polar surface area (TPSA) is 66.4 Å². The van der Waals surface area contributed by atoms with E-state index in [0.29, 0.717) is 25.7 Å². The lowest BCUT2D eigenvalue weighted by atomic mass is 10.0. The lowest BCUT2D eigenvalue weighted by Crippen LogP contribution is -2.42. The van der Waals surface area contributed by atoms with Gasteiger partial charge in [-0.1, -0.05) is 19.1 Å². The minimum atomic E-state index is -0.688. The molecule has 1 amide bonds. The van der Waals surface area contributed by atoms with Crippen LogP contribution in [0.1, 0.15) is 39.5 Å². The zero-order valence-electron chi connectivity index (χ0n) is 9.98. The number of allylic oxidation sites excluding steroid dienone is 1. The van der Waals surface area contributed by atoms with Crippen molar-refractivity contribution in [2.45, 2.75) is 51.7 Å². The fourth-order valence-electron chi connectivity index (χ4n) is 1.39. The molecule has 2 atom stereocenters. The molecule has 0 aliphatic heterocycles. The van der Waals surface area contributed by atoms with Crippen LogP contribution in [0.25, 0.3) is 0 Å². The summed E-state index contributed by atoms with van der Waals surface area (Å²) in [6, 6.07) is -0.302. The van der Waals surface area contributed by atoms with Gasteiger partial charge in [0.25, 0.3) is 0 Å². The molecule has 92 valence electrons. The van der Waals surface area contributed by atoms with Crippen molar-refractivity contribution in [1.29, 1.82) is 0 Å². The number of amides is 1. The van der Waals surface area contributed by atoms with Crippen LogP contribution in [-0.4, -0.2) is 29.4 Å². The van der Waals surface area contributed by atoms with Crippen molar-refractivity contribution in [2.24, 2.45) is 0 Å². The Bertz CT molecular complexity index is 238. The van der Waals surface area contributed by atoms with Crippen LogP contribution in [0.4, 0.5) is 0 Å². The molecule has 2 N–H and O–H groups in total. The minimum Gasteiger partial charge on any atom is -0.387 e. The maximum absolute atomic E-state index is 11.2. The van der Waals surface area contributed by atoms with Crippen LogP contribution in [0.2, 0.25) is 0 Å². The van der Waals surface area contributed by atoms with Crippen molar-refractivity contribution in [3.63, 3.8) is 0 Å². The van der Waals surface area contributed by atoms with Crippen LogP contribution < -0.4 is 5.32 Å². The molecule has 0 aliphatic carbocycles. The van der Waals surface area contributed by atoms with Gasteiger partial charge in [0.15, 0.2) is 0 Å². The first kappa shape index (κ1) is 14.8. The monoisotopic (exact) mass is 227 g/mol. The van der Waals surface area contributed by atoms with Gasteiger partial charge in [-0.15, -0.1) is 0 Å². The highest BCUT2D eigenvalue weighted by atomic mass is 16.3. The summed E-state index contributed by atoms with van der Waals surface area (Å²) in [7, 11) is 0. The number of aldehydes is 1. The molecule has 0 rings (SSSR count). The van der Waals surface area contributed by atoms with Crippen molar-refractivity contribution in [2.75, 3.05) is 0 Å². The van der Waals surface area contributed by atoms with Gasteiger partial charge in [-0.05, 0) is 19.8 Å². The summed E-state index contributed by atoms with van der Waals surface area (Å²) in [6.07, 6.45) is 5.68. The molecule has 0 aromatic rings. The minimum absolute atomic E-state index is 0.0837. The number of aliphatic hydroxyl groups is 1. The Morgan fingerprint density at radius 2 is 2.19 bits per heavy atom. The van der Waals surface area contributed by atoms with Crippen LogP contribution in [0.3, 0.4) is 0 Å². The van der Waals surface area contributed by atoms with Gasteiger partial charge in [-0.25, -0.2) is 0 Å². The third-order valence-electron chi connectivity index (χ3n) is 2.31. The zero-order chi connectivity index (χ0) is 12.4. The molecule has 4 nitrogen and oxygen atoms in total. The number of aliphatic hydroxyl groups excluding tert-OH is 1. The molecule has 4 heteroatoms. The van der Waals surface area contributed by atoms with Gasteiger partial charge in [0.2, 0.25) is 5.91 Å². The molecule has 0 heterocycles. The SMILES string of the molecule is C/C=C/[C@@H](O)[C@H](CCCC=O)NC(=O)CC. The highest BCUT2D eigenvalue weighted by Crippen LogP contribution is 2.06. The number of carbonyl (C=O) groups is 2. The van der Waals surface area contributed by atoms with Gasteiger partial charge >= 0.3 is 0 Å². The lowest BCUT2D eigenvalue weighted by Gasteiger charge is -2.21. The number of nitrogens with one attached hydrogen (secondary N) is 1. The second-order valence-corrected chi connectivity index (χ2v) is 3.64. The first-order valence-electron chi connectivity index (χ1n) is 5.69. The van der Waals surface area contributed by atoms with Crippen molar-refractivity contribution in [1.82, 2.24) is 5.32 Å². The molecule has 0 saturated carbocycles. The summed E-state index contributed by atoms with van der Waals surface area (Å²) in [5.74, 6) is -0.0837. The van der Waals surface area contributed by atoms with Gasteiger partial charge < -0.3 is 15.2 Å². The molecule has 0 aromatic heterocycles. The number of hydrogen-bond donors (Lipinski definition) is 2. The average Bonchev–Trinajstić information content (AvgIpc) is 2.28. The standard InChI is InChI=1S/C12H21NO3/c1-3-7-11(15)10(8-5-6-9-14)13-12(16)4-2/h3,7,9-11,15H,4-6,8H2,1-2H3,(H,13,16)/b7-3+/t10-,11+/m0/s1. The molecule has 0 unspecified atom stereocenters. The second-order valence-electron chi connectivity index (χ2n) is 3.64. The number of hydrogen-bond acceptors (Lipinski definition) is 3. The summed E-state index contributed by atoms with van der Waals surface area (Å²) in [6.45, 7) is 3.58. The molecule has 0 aliphatic rings. The molecule has 0 bridgehead atoms. The Balaban J connectivity index is 4.24. The normalized spacial score (nSPS) is 14.7. The van der Waals surface area contributed by atoms with E-state index in [2.05, 4.69) is 5.32 Å². The molecular formula is C12H21NO3. The molecular weight excluding hydrogens is 206 g/mol. The Morgan fingerprint density at radius 3 is 2.69 bits per heavy atom. The molecule has 0 radical (unpaired) electrons. The van der Waals surface area contributed by atoms with E-state index in [-0.39, 0.29) is 11.9 Å². The van der Waals surface area contributed by atoms with Crippen LogP contribution in [0.5, 0.6) is 0 Å². The van der Waals surface area contributed by atoms with E-state index in [0.717, 1.165) is 6.29 Å². The molecule has 16 heavy (non-hydrogen) atoms. The Kier molecular flexibility index (Phi) is 8.43. The van der Waals surface area contributed by atoms with E-state index in [1.165, 1.54) is 0 Å². The third kappa shape index (κ3) is 6.35. The molecule has 0 aromatic carbocycles. The van der Waals surface area contributed by atoms with E-state index in [1.54, 1.807) is 19.1 Å². The van der Waals surface area contributed by atoms with Gasteiger partial charge in [0.05, 0.1) is 12.1 Å². The largest absolute Gasteiger partial charge is 0.387 e. The predicted octanol–water partition coefficient (Wildman–Crippen LogP) is 1.19.